The van der Waals surface area contributed by atoms with Gasteiger partial charge in [-0.2, -0.15) is 0 Å². The van der Waals surface area contributed by atoms with Crippen LogP contribution >= 0.6 is 0 Å². The highest BCUT2D eigenvalue weighted by Gasteiger charge is 2.09. The summed E-state index contributed by atoms with van der Waals surface area (Å²) in [6.45, 7) is 4.08. The molecule has 4 heteroatoms. The van der Waals surface area contributed by atoms with E-state index in [2.05, 4.69) is 11.1 Å². The Hall–Kier alpha value is -2.88. The lowest BCUT2D eigenvalue weighted by atomic mass is 10.0. The maximum atomic E-state index is 12.1. The number of carbonyl (C=O) groups is 1. The van der Waals surface area contributed by atoms with Crippen molar-refractivity contribution in [3.05, 3.63) is 81.1 Å². The number of benzene rings is 2. The number of hydrogen-bond acceptors (Lipinski definition) is 3. The topological polar surface area (TPSA) is 59.2 Å². The molecule has 1 heterocycles. The molecular weight excluding hydrogens is 314 g/mol. The summed E-state index contributed by atoms with van der Waals surface area (Å²) >= 11 is 0. The van der Waals surface area contributed by atoms with E-state index in [4.69, 9.17) is 4.74 Å². The normalized spacial score (nSPS) is 10.8. The lowest BCUT2D eigenvalue weighted by Crippen LogP contribution is -2.15. The highest BCUT2D eigenvalue weighted by atomic mass is 16.5. The van der Waals surface area contributed by atoms with Crippen molar-refractivity contribution in [1.82, 2.24) is 4.98 Å². The van der Waals surface area contributed by atoms with Gasteiger partial charge in [-0.1, -0.05) is 42.0 Å². The average Bonchev–Trinajstić information content (AvgIpc) is 2.59. The van der Waals surface area contributed by atoms with Gasteiger partial charge in [0.2, 0.25) is 0 Å². The largest absolute Gasteiger partial charge is 0.461 e. The summed E-state index contributed by atoms with van der Waals surface area (Å²) in [6.07, 6.45) is 0.939. The molecule has 0 spiro atoms. The average molecular weight is 335 g/mol. The molecule has 1 aromatic heterocycles. The van der Waals surface area contributed by atoms with Gasteiger partial charge in [0.1, 0.15) is 6.61 Å². The molecule has 0 aliphatic rings. The molecule has 0 saturated heterocycles. The molecule has 0 atom stereocenters. The molecule has 3 aromatic rings. The van der Waals surface area contributed by atoms with Gasteiger partial charge >= 0.3 is 5.97 Å². The van der Waals surface area contributed by atoms with Crippen LogP contribution in [0.2, 0.25) is 0 Å². The Morgan fingerprint density at radius 3 is 2.64 bits per heavy atom. The van der Waals surface area contributed by atoms with Crippen molar-refractivity contribution in [2.45, 2.75) is 33.3 Å². The number of carbonyl (C=O) groups excluding carboxylic acids is 1. The predicted octanol–water partition coefficient (Wildman–Crippen LogP) is 3.82. The van der Waals surface area contributed by atoms with E-state index >= 15 is 0 Å². The molecule has 0 aliphatic carbocycles. The lowest BCUT2D eigenvalue weighted by molar-refractivity contribution is -0.144. The molecule has 128 valence electrons. The zero-order valence-electron chi connectivity index (χ0n) is 14.5. The summed E-state index contributed by atoms with van der Waals surface area (Å²) in [4.78, 5) is 26.9. The molecule has 25 heavy (non-hydrogen) atoms. The summed E-state index contributed by atoms with van der Waals surface area (Å²) in [5.41, 5.74) is 4.54. The number of rotatable bonds is 5. The fourth-order valence-corrected chi connectivity index (χ4v) is 2.89. The Bertz CT molecular complexity index is 972. The summed E-state index contributed by atoms with van der Waals surface area (Å²) < 4.78 is 5.28. The smallest absolute Gasteiger partial charge is 0.306 e. The Labute approximate surface area is 146 Å². The fraction of sp³-hybridized carbons (Fsp3) is 0.238. The molecule has 0 fully saturated rings. The Morgan fingerprint density at radius 1 is 1.04 bits per heavy atom. The number of ether oxygens (including phenoxy) is 1. The minimum absolute atomic E-state index is 0.00805. The minimum Gasteiger partial charge on any atom is -0.461 e. The quantitative estimate of drug-likeness (QED) is 0.721. The van der Waals surface area contributed by atoms with Crippen molar-refractivity contribution in [3.8, 4) is 0 Å². The molecule has 2 aromatic carbocycles. The Balaban J connectivity index is 1.60. The third-order valence-corrected chi connectivity index (χ3v) is 4.32. The van der Waals surface area contributed by atoms with Gasteiger partial charge in [-0.05, 0) is 48.9 Å². The SMILES string of the molecule is Cc1ccc(CCC(=O)OCc2cc3ccccc3[nH]c2=O)c(C)c1. The number of H-pyrrole nitrogens is 1. The van der Waals surface area contributed by atoms with E-state index < -0.39 is 0 Å². The van der Waals surface area contributed by atoms with E-state index in [0.29, 0.717) is 18.4 Å². The van der Waals surface area contributed by atoms with Crippen LogP contribution in [0.1, 0.15) is 28.7 Å². The molecule has 1 N–H and O–H groups in total. The van der Waals surface area contributed by atoms with Gasteiger partial charge in [0, 0.05) is 11.9 Å². The van der Waals surface area contributed by atoms with Crippen molar-refractivity contribution < 1.29 is 9.53 Å². The van der Waals surface area contributed by atoms with Crippen LogP contribution in [0.25, 0.3) is 10.9 Å². The number of aromatic amines is 1. The maximum Gasteiger partial charge on any atom is 0.306 e. The molecular formula is C21H21NO3. The van der Waals surface area contributed by atoms with E-state index in [1.165, 1.54) is 11.1 Å². The van der Waals surface area contributed by atoms with Gasteiger partial charge in [-0.15, -0.1) is 0 Å². The van der Waals surface area contributed by atoms with Crippen molar-refractivity contribution in [1.29, 1.82) is 0 Å². The third kappa shape index (κ3) is 4.15. The molecule has 0 aliphatic heterocycles. The van der Waals surface area contributed by atoms with Crippen molar-refractivity contribution >= 4 is 16.9 Å². The van der Waals surface area contributed by atoms with Gasteiger partial charge in [-0.3, -0.25) is 9.59 Å². The minimum atomic E-state index is -0.299. The van der Waals surface area contributed by atoms with E-state index in [1.807, 2.05) is 50.2 Å². The van der Waals surface area contributed by atoms with Crippen LogP contribution < -0.4 is 5.56 Å². The van der Waals surface area contributed by atoms with Gasteiger partial charge in [0.25, 0.3) is 5.56 Å². The Morgan fingerprint density at radius 2 is 1.84 bits per heavy atom. The van der Waals surface area contributed by atoms with Gasteiger partial charge in [-0.25, -0.2) is 0 Å². The van der Waals surface area contributed by atoms with E-state index in [1.54, 1.807) is 6.07 Å². The van der Waals surface area contributed by atoms with Gasteiger partial charge in [0.15, 0.2) is 0 Å². The summed E-state index contributed by atoms with van der Waals surface area (Å²) in [6, 6.07) is 15.5. The number of fused-ring (bicyclic) bond motifs is 1. The van der Waals surface area contributed by atoms with Crippen molar-refractivity contribution in [2.75, 3.05) is 0 Å². The molecule has 0 radical (unpaired) electrons. The predicted molar refractivity (Wildman–Crippen MR) is 98.6 cm³/mol. The molecule has 0 bridgehead atoms. The van der Waals surface area contributed by atoms with Crippen LogP contribution in [0, 0.1) is 13.8 Å². The first-order chi connectivity index (χ1) is 12.0. The number of nitrogens with one attached hydrogen (secondary N) is 1. The number of para-hydroxylation sites is 1. The second-order valence-corrected chi connectivity index (χ2v) is 6.30. The zero-order chi connectivity index (χ0) is 17.8. The van der Waals surface area contributed by atoms with E-state index in [0.717, 1.165) is 16.5 Å². The highest BCUT2D eigenvalue weighted by Crippen LogP contribution is 2.14. The molecule has 0 unspecified atom stereocenters. The standard InChI is InChI=1S/C21H21NO3/c1-14-7-8-16(15(2)11-14)9-10-20(23)25-13-18-12-17-5-3-4-6-19(17)22-21(18)24/h3-8,11-12H,9-10,13H2,1-2H3,(H,22,24). The number of pyridine rings is 1. The first-order valence-electron chi connectivity index (χ1n) is 8.35. The molecule has 3 rings (SSSR count). The van der Waals surface area contributed by atoms with Crippen LogP contribution in [-0.4, -0.2) is 11.0 Å². The summed E-state index contributed by atoms with van der Waals surface area (Å²) in [5.74, 6) is -0.299. The monoisotopic (exact) mass is 335 g/mol. The first kappa shape index (κ1) is 17.0. The third-order valence-electron chi connectivity index (χ3n) is 4.32. The number of esters is 1. The van der Waals surface area contributed by atoms with Crippen molar-refractivity contribution in [3.63, 3.8) is 0 Å². The molecule has 4 nitrogen and oxygen atoms in total. The van der Waals surface area contributed by atoms with Crippen LogP contribution in [0.4, 0.5) is 0 Å². The first-order valence-corrected chi connectivity index (χ1v) is 8.35. The molecule has 0 amide bonds. The van der Waals surface area contributed by atoms with Crippen molar-refractivity contribution in [2.24, 2.45) is 0 Å². The summed E-state index contributed by atoms with van der Waals surface area (Å²) in [7, 11) is 0. The van der Waals surface area contributed by atoms with Crippen LogP contribution in [0.5, 0.6) is 0 Å². The molecule has 0 saturated carbocycles. The Kier molecular flexibility index (Phi) is 4.98. The summed E-state index contributed by atoms with van der Waals surface area (Å²) in [5, 5.41) is 0.920. The van der Waals surface area contributed by atoms with Gasteiger partial charge in [0.05, 0.1) is 5.56 Å². The number of aryl methyl sites for hydroxylation is 3. The lowest BCUT2D eigenvalue weighted by Gasteiger charge is -2.08. The van der Waals surface area contributed by atoms with E-state index in [9.17, 15) is 9.59 Å². The fourth-order valence-electron chi connectivity index (χ4n) is 2.89. The number of aromatic nitrogens is 1. The number of hydrogen-bond donors (Lipinski definition) is 1. The van der Waals surface area contributed by atoms with Crippen LogP contribution in [0.15, 0.2) is 53.3 Å². The highest BCUT2D eigenvalue weighted by molar-refractivity contribution is 5.78. The second kappa shape index (κ2) is 7.34. The van der Waals surface area contributed by atoms with E-state index in [-0.39, 0.29) is 18.1 Å². The van der Waals surface area contributed by atoms with Crippen LogP contribution in [0.3, 0.4) is 0 Å². The van der Waals surface area contributed by atoms with Gasteiger partial charge < -0.3 is 9.72 Å². The maximum absolute atomic E-state index is 12.1. The zero-order valence-corrected chi connectivity index (χ0v) is 14.5. The van der Waals surface area contributed by atoms with Crippen LogP contribution in [-0.2, 0) is 22.6 Å². The second-order valence-electron chi connectivity index (χ2n) is 6.30.